The molecule has 0 fully saturated rings. The summed E-state index contributed by atoms with van der Waals surface area (Å²) in [6.07, 6.45) is 2.03. The van der Waals surface area contributed by atoms with Crippen molar-refractivity contribution < 1.29 is 4.79 Å². The fraction of sp³-hybridized carbons (Fsp3) is 0.308. The number of aryl methyl sites for hydroxylation is 1. The lowest BCUT2D eigenvalue weighted by Crippen LogP contribution is -2.21. The Bertz CT molecular complexity index is 449. The summed E-state index contributed by atoms with van der Waals surface area (Å²) in [7, 11) is 0. The summed E-state index contributed by atoms with van der Waals surface area (Å²) >= 11 is 0. The van der Waals surface area contributed by atoms with Crippen LogP contribution in [0.5, 0.6) is 0 Å². The van der Waals surface area contributed by atoms with Crippen molar-refractivity contribution in [2.24, 2.45) is 11.5 Å². The van der Waals surface area contributed by atoms with E-state index in [1.807, 2.05) is 26.1 Å². The van der Waals surface area contributed by atoms with Crippen LogP contribution in [0.4, 0.5) is 0 Å². The van der Waals surface area contributed by atoms with Gasteiger partial charge in [0.15, 0.2) is 0 Å². The lowest BCUT2D eigenvalue weighted by molar-refractivity contribution is -0.116. The molecule has 1 aromatic heterocycles. The van der Waals surface area contributed by atoms with E-state index >= 15 is 0 Å². The van der Waals surface area contributed by atoms with Crippen molar-refractivity contribution in [2.75, 3.05) is 6.54 Å². The predicted octanol–water partition coefficient (Wildman–Crippen LogP) is 1.93. The number of amides is 1. The molecule has 1 heterocycles. The Kier molecular flexibility index (Phi) is 7.46. The fourth-order valence-electron chi connectivity index (χ4n) is 1.22. The smallest absolute Gasteiger partial charge is 0.231 e. The van der Waals surface area contributed by atoms with Crippen LogP contribution in [-0.4, -0.2) is 17.4 Å². The summed E-state index contributed by atoms with van der Waals surface area (Å²) in [5, 5.41) is 1.32. The van der Waals surface area contributed by atoms with Gasteiger partial charge in [0.25, 0.3) is 0 Å². The fourth-order valence-corrected chi connectivity index (χ4v) is 1.22. The van der Waals surface area contributed by atoms with Crippen LogP contribution >= 0.6 is 0 Å². The molecule has 0 aliphatic carbocycles. The van der Waals surface area contributed by atoms with Crippen molar-refractivity contribution >= 4 is 16.8 Å². The third-order valence-electron chi connectivity index (χ3n) is 2.00. The van der Waals surface area contributed by atoms with E-state index in [9.17, 15) is 4.79 Å². The van der Waals surface area contributed by atoms with Gasteiger partial charge in [0, 0.05) is 17.1 Å². The average molecular weight is 235 g/mol. The number of fused-ring (bicyclic) bond motifs is 1. The van der Waals surface area contributed by atoms with Crippen LogP contribution in [-0.2, 0) is 4.79 Å². The molecule has 1 aromatic carbocycles. The number of aromatic amines is 1. The zero-order chi connectivity index (χ0) is 13.3. The lowest BCUT2D eigenvalue weighted by atomic mass is 10.2. The number of rotatable bonds is 1. The van der Waals surface area contributed by atoms with Crippen LogP contribution in [0, 0.1) is 6.92 Å². The molecule has 0 atom stereocenters. The van der Waals surface area contributed by atoms with Crippen LogP contribution in [0.25, 0.3) is 10.9 Å². The summed E-state index contributed by atoms with van der Waals surface area (Å²) in [6.45, 7) is 6.05. The predicted molar refractivity (Wildman–Crippen MR) is 72.6 cm³/mol. The quantitative estimate of drug-likeness (QED) is 0.705. The van der Waals surface area contributed by atoms with E-state index in [-0.39, 0.29) is 6.54 Å². The second kappa shape index (κ2) is 8.35. The number of aromatic nitrogens is 1. The van der Waals surface area contributed by atoms with E-state index in [1.165, 1.54) is 16.5 Å². The molecule has 4 heteroatoms. The minimum absolute atomic E-state index is 0.0556. The van der Waals surface area contributed by atoms with Gasteiger partial charge in [-0.25, -0.2) is 0 Å². The zero-order valence-corrected chi connectivity index (χ0v) is 10.7. The number of carbonyl (C=O) groups is 1. The Morgan fingerprint density at radius 2 is 1.82 bits per heavy atom. The number of hydrogen-bond donors (Lipinski definition) is 3. The number of benzene rings is 1. The van der Waals surface area contributed by atoms with Crippen molar-refractivity contribution in [3.05, 3.63) is 36.0 Å². The molecule has 4 nitrogen and oxygen atoms in total. The molecule has 94 valence electrons. The third kappa shape index (κ3) is 5.17. The van der Waals surface area contributed by atoms with Gasteiger partial charge >= 0.3 is 0 Å². The highest BCUT2D eigenvalue weighted by Gasteiger charge is 1.94. The summed E-state index contributed by atoms with van der Waals surface area (Å²) in [5.41, 5.74) is 11.8. The van der Waals surface area contributed by atoms with Crippen LogP contribution in [0.1, 0.15) is 19.4 Å². The summed E-state index contributed by atoms with van der Waals surface area (Å²) in [6, 6.07) is 8.31. The average Bonchev–Trinajstić information content (AvgIpc) is 2.75. The van der Waals surface area contributed by atoms with Crippen LogP contribution in [0.15, 0.2) is 30.5 Å². The highest BCUT2D eigenvalue weighted by Crippen LogP contribution is 2.15. The van der Waals surface area contributed by atoms with E-state index in [4.69, 9.17) is 5.73 Å². The molecule has 17 heavy (non-hydrogen) atoms. The number of H-pyrrole nitrogens is 1. The zero-order valence-electron chi connectivity index (χ0n) is 10.7. The monoisotopic (exact) mass is 235 g/mol. The van der Waals surface area contributed by atoms with Crippen molar-refractivity contribution in [3.8, 4) is 0 Å². The first-order chi connectivity index (χ1) is 8.15. The Labute approximate surface area is 102 Å². The Morgan fingerprint density at radius 3 is 2.29 bits per heavy atom. The topological polar surface area (TPSA) is 84.9 Å². The number of primary amides is 1. The first kappa shape index (κ1) is 15.2. The van der Waals surface area contributed by atoms with Gasteiger partial charge in [-0.15, -0.1) is 0 Å². The van der Waals surface area contributed by atoms with Gasteiger partial charge in [-0.2, -0.15) is 0 Å². The highest BCUT2D eigenvalue weighted by molar-refractivity contribution is 5.82. The molecular formula is C13H21N3O. The molecule has 0 unspecified atom stereocenters. The minimum Gasteiger partial charge on any atom is -0.369 e. The maximum atomic E-state index is 9.47. The van der Waals surface area contributed by atoms with Gasteiger partial charge in [0.2, 0.25) is 5.91 Å². The summed E-state index contributed by atoms with van der Waals surface area (Å²) in [5.74, 6) is -0.468. The standard InChI is InChI=1S/C9H9N.C2H6N2O.C2H6/c1-7-6-10-9-5-3-2-4-8(7)9;3-1-2(4)5;1-2/h2-6,10H,1H3;1,3H2,(H2,4,5);1-2H3. The molecule has 0 radical (unpaired) electrons. The van der Waals surface area contributed by atoms with Crippen LogP contribution < -0.4 is 11.5 Å². The van der Waals surface area contributed by atoms with Crippen LogP contribution in [0.3, 0.4) is 0 Å². The number of hydrogen-bond acceptors (Lipinski definition) is 2. The molecule has 2 aromatic rings. The number of carbonyl (C=O) groups excluding carboxylic acids is 1. The number of nitrogens with one attached hydrogen (secondary N) is 1. The van der Waals surface area contributed by atoms with E-state index < -0.39 is 5.91 Å². The molecular weight excluding hydrogens is 214 g/mol. The molecule has 2 rings (SSSR count). The third-order valence-corrected chi connectivity index (χ3v) is 2.00. The molecule has 0 saturated carbocycles. The van der Waals surface area contributed by atoms with E-state index in [0.717, 1.165) is 0 Å². The maximum absolute atomic E-state index is 9.47. The molecule has 1 amide bonds. The SMILES string of the molecule is CC.Cc1c[nH]c2ccccc12.NCC(N)=O. The van der Waals surface area contributed by atoms with Crippen molar-refractivity contribution in [1.29, 1.82) is 0 Å². The van der Waals surface area contributed by atoms with Gasteiger partial charge in [-0.3, -0.25) is 4.79 Å². The Balaban J connectivity index is 0.000000315. The van der Waals surface area contributed by atoms with Gasteiger partial charge in [-0.1, -0.05) is 32.0 Å². The second-order valence-electron chi connectivity index (χ2n) is 3.19. The maximum Gasteiger partial charge on any atom is 0.231 e. The van der Waals surface area contributed by atoms with Crippen LogP contribution in [0.2, 0.25) is 0 Å². The van der Waals surface area contributed by atoms with Gasteiger partial charge in [0.05, 0.1) is 6.54 Å². The number of nitrogens with two attached hydrogens (primary N) is 2. The van der Waals surface area contributed by atoms with Crippen molar-refractivity contribution in [3.63, 3.8) is 0 Å². The summed E-state index contributed by atoms with van der Waals surface area (Å²) < 4.78 is 0. The number of para-hydroxylation sites is 1. The Morgan fingerprint density at radius 1 is 1.29 bits per heavy atom. The molecule has 0 spiro atoms. The highest BCUT2D eigenvalue weighted by atomic mass is 16.1. The van der Waals surface area contributed by atoms with Gasteiger partial charge < -0.3 is 16.5 Å². The molecule has 5 N–H and O–H groups in total. The molecule has 0 saturated heterocycles. The van der Waals surface area contributed by atoms with E-state index in [1.54, 1.807) is 0 Å². The Hall–Kier alpha value is -1.81. The van der Waals surface area contributed by atoms with E-state index in [2.05, 4.69) is 35.8 Å². The molecule has 0 aliphatic rings. The molecule has 0 bridgehead atoms. The van der Waals surface area contributed by atoms with Crippen molar-refractivity contribution in [1.82, 2.24) is 4.98 Å². The van der Waals surface area contributed by atoms with E-state index in [0.29, 0.717) is 0 Å². The van der Waals surface area contributed by atoms with Gasteiger partial charge in [-0.05, 0) is 18.6 Å². The molecule has 0 aliphatic heterocycles. The first-order valence-corrected chi connectivity index (χ1v) is 5.66. The summed E-state index contributed by atoms with van der Waals surface area (Å²) in [4.78, 5) is 12.7. The second-order valence-corrected chi connectivity index (χ2v) is 3.19. The minimum atomic E-state index is -0.468. The largest absolute Gasteiger partial charge is 0.369 e. The normalized spacial score (nSPS) is 8.71. The van der Waals surface area contributed by atoms with Crippen molar-refractivity contribution in [2.45, 2.75) is 20.8 Å². The lowest BCUT2D eigenvalue weighted by Gasteiger charge is -1.86. The first-order valence-electron chi connectivity index (χ1n) is 5.66. The van der Waals surface area contributed by atoms with Gasteiger partial charge in [0.1, 0.15) is 0 Å².